The molecular formula is C16H20F3NO8. The fraction of sp³-hybridized carbons (Fsp3) is 0.625. The van der Waals surface area contributed by atoms with Crippen molar-refractivity contribution in [2.24, 2.45) is 0 Å². The van der Waals surface area contributed by atoms with Crippen LogP contribution < -0.4 is 5.32 Å². The summed E-state index contributed by atoms with van der Waals surface area (Å²) in [5.41, 5.74) is 0. The number of halogens is 3. The molecule has 1 amide bonds. The summed E-state index contributed by atoms with van der Waals surface area (Å²) in [6.07, 6.45) is -6.93. The number of carbonyl (C=O) groups excluding carboxylic acids is 4. The van der Waals surface area contributed by atoms with E-state index in [1.165, 1.54) is 0 Å². The van der Waals surface area contributed by atoms with E-state index < -0.39 is 48.2 Å². The number of carbonyl (C=O) groups is 4. The van der Waals surface area contributed by atoms with Gasteiger partial charge >= 0.3 is 30.0 Å². The zero-order valence-corrected chi connectivity index (χ0v) is 15.3. The van der Waals surface area contributed by atoms with Gasteiger partial charge in [-0.1, -0.05) is 0 Å². The quantitative estimate of drug-likeness (QED) is 0.482. The highest BCUT2D eigenvalue weighted by Gasteiger charge is 2.44. The van der Waals surface area contributed by atoms with Crippen molar-refractivity contribution >= 4 is 23.8 Å². The van der Waals surface area contributed by atoms with Gasteiger partial charge in [-0.05, 0) is 12.5 Å². The van der Waals surface area contributed by atoms with Gasteiger partial charge in [-0.25, -0.2) is 4.79 Å². The van der Waals surface area contributed by atoms with Crippen LogP contribution in [0.1, 0.15) is 26.7 Å². The van der Waals surface area contributed by atoms with Crippen LogP contribution in [0.15, 0.2) is 11.8 Å². The van der Waals surface area contributed by atoms with Crippen LogP contribution in [0.3, 0.4) is 0 Å². The molecule has 0 radical (unpaired) electrons. The number of nitrogens with one attached hydrogen (secondary N) is 1. The molecule has 3 unspecified atom stereocenters. The number of ether oxygens (including phenoxy) is 4. The van der Waals surface area contributed by atoms with Gasteiger partial charge in [-0.3, -0.25) is 14.4 Å². The van der Waals surface area contributed by atoms with Crippen molar-refractivity contribution in [3.05, 3.63) is 11.8 Å². The molecule has 0 saturated carbocycles. The van der Waals surface area contributed by atoms with Gasteiger partial charge in [-0.2, -0.15) is 13.2 Å². The molecular weight excluding hydrogens is 391 g/mol. The Bertz CT molecular complexity index is 646. The molecule has 1 N–H and O–H groups in total. The van der Waals surface area contributed by atoms with Crippen molar-refractivity contribution in [2.45, 2.75) is 51.1 Å². The molecule has 0 aromatic carbocycles. The third kappa shape index (κ3) is 7.08. The van der Waals surface area contributed by atoms with E-state index in [1.54, 1.807) is 5.32 Å². The minimum atomic E-state index is -5.15. The van der Waals surface area contributed by atoms with E-state index in [9.17, 15) is 32.3 Å². The predicted molar refractivity (Wildman–Crippen MR) is 84.4 cm³/mol. The Labute approximate surface area is 158 Å². The Kier molecular flexibility index (Phi) is 8.26. The standard InChI is InChI=1S/C16H20F3NO8/c1-8(21)26-7-6-11(27-9(2)22)13-10(20-15(24)16(17,18)19)4-5-12(28-13)14(23)25-3/h5,10-11,13H,4,6-7H2,1-3H3,(H,20,24). The summed E-state index contributed by atoms with van der Waals surface area (Å²) in [7, 11) is 1.07. The van der Waals surface area contributed by atoms with Gasteiger partial charge in [0.25, 0.3) is 0 Å². The first-order chi connectivity index (χ1) is 13.0. The maximum atomic E-state index is 12.6. The summed E-state index contributed by atoms with van der Waals surface area (Å²) < 4.78 is 57.5. The molecule has 1 rings (SSSR count). The van der Waals surface area contributed by atoms with Crippen LogP contribution >= 0.6 is 0 Å². The Morgan fingerprint density at radius 1 is 1.25 bits per heavy atom. The van der Waals surface area contributed by atoms with E-state index >= 15 is 0 Å². The Morgan fingerprint density at radius 3 is 2.39 bits per heavy atom. The first-order valence-electron chi connectivity index (χ1n) is 8.09. The molecule has 1 aliphatic heterocycles. The van der Waals surface area contributed by atoms with Gasteiger partial charge in [0.1, 0.15) is 6.10 Å². The van der Waals surface area contributed by atoms with Crippen LogP contribution in [0.2, 0.25) is 0 Å². The molecule has 9 nitrogen and oxygen atoms in total. The van der Waals surface area contributed by atoms with Crippen molar-refractivity contribution in [3.63, 3.8) is 0 Å². The fourth-order valence-electron chi connectivity index (χ4n) is 2.43. The van der Waals surface area contributed by atoms with Crippen molar-refractivity contribution in [1.29, 1.82) is 0 Å². The van der Waals surface area contributed by atoms with Crippen LogP contribution in [0, 0.1) is 0 Å². The van der Waals surface area contributed by atoms with Crippen LogP contribution in [0.5, 0.6) is 0 Å². The number of esters is 3. The van der Waals surface area contributed by atoms with E-state index in [4.69, 9.17) is 14.2 Å². The minimum Gasteiger partial charge on any atom is -0.477 e. The Morgan fingerprint density at radius 2 is 1.89 bits per heavy atom. The van der Waals surface area contributed by atoms with E-state index in [2.05, 4.69) is 4.74 Å². The molecule has 158 valence electrons. The number of methoxy groups -OCH3 is 1. The number of rotatable bonds is 7. The molecule has 1 aliphatic rings. The second kappa shape index (κ2) is 9.95. The molecule has 28 heavy (non-hydrogen) atoms. The molecule has 0 fully saturated rings. The summed E-state index contributed by atoms with van der Waals surface area (Å²) in [6.45, 7) is 1.97. The van der Waals surface area contributed by atoms with E-state index in [1.807, 2.05) is 0 Å². The van der Waals surface area contributed by atoms with Crippen LogP contribution in [-0.4, -0.2) is 62.0 Å². The summed E-state index contributed by atoms with van der Waals surface area (Å²) in [5, 5.41) is 1.75. The first-order valence-corrected chi connectivity index (χ1v) is 8.09. The zero-order valence-electron chi connectivity index (χ0n) is 15.3. The maximum absolute atomic E-state index is 12.6. The fourth-order valence-corrected chi connectivity index (χ4v) is 2.43. The highest BCUT2D eigenvalue weighted by atomic mass is 19.4. The van der Waals surface area contributed by atoms with E-state index in [0.29, 0.717) is 0 Å². The molecule has 0 saturated heterocycles. The molecule has 0 aliphatic carbocycles. The summed E-state index contributed by atoms with van der Waals surface area (Å²) in [6, 6.07) is -1.27. The largest absolute Gasteiger partial charge is 0.477 e. The summed E-state index contributed by atoms with van der Waals surface area (Å²) in [5.74, 6) is -4.83. The Hall–Kier alpha value is -2.79. The first kappa shape index (κ1) is 23.2. The lowest BCUT2D eigenvalue weighted by molar-refractivity contribution is -0.177. The van der Waals surface area contributed by atoms with Crippen molar-refractivity contribution in [1.82, 2.24) is 5.32 Å². The van der Waals surface area contributed by atoms with Crippen LogP contribution in [0.25, 0.3) is 0 Å². The van der Waals surface area contributed by atoms with Crippen molar-refractivity contribution < 1.29 is 51.3 Å². The number of hydrogen-bond acceptors (Lipinski definition) is 8. The third-order valence-corrected chi connectivity index (χ3v) is 3.57. The van der Waals surface area contributed by atoms with Crippen molar-refractivity contribution in [2.75, 3.05) is 13.7 Å². The highest BCUT2D eigenvalue weighted by molar-refractivity contribution is 5.86. The SMILES string of the molecule is COC(=O)C1=CCC(NC(=O)C(F)(F)F)C(C(CCOC(C)=O)OC(C)=O)O1. The monoisotopic (exact) mass is 411 g/mol. The normalized spacial score (nSPS) is 20.1. The third-order valence-electron chi connectivity index (χ3n) is 3.57. The Balaban J connectivity index is 3.09. The summed E-state index contributed by atoms with van der Waals surface area (Å²) in [4.78, 5) is 45.3. The van der Waals surface area contributed by atoms with Gasteiger partial charge in [-0.15, -0.1) is 0 Å². The van der Waals surface area contributed by atoms with Crippen LogP contribution in [-0.2, 0) is 38.1 Å². The second-order valence-electron chi connectivity index (χ2n) is 5.73. The molecule has 1 heterocycles. The lowest BCUT2D eigenvalue weighted by Gasteiger charge is -2.36. The van der Waals surface area contributed by atoms with Gasteiger partial charge in [0.15, 0.2) is 6.10 Å². The number of alkyl halides is 3. The van der Waals surface area contributed by atoms with Gasteiger partial charge in [0.05, 0.1) is 19.8 Å². The molecule has 12 heteroatoms. The molecule has 0 spiro atoms. The van der Waals surface area contributed by atoms with Gasteiger partial charge in [0.2, 0.25) is 5.76 Å². The van der Waals surface area contributed by atoms with E-state index in [0.717, 1.165) is 27.0 Å². The maximum Gasteiger partial charge on any atom is 0.471 e. The lowest BCUT2D eigenvalue weighted by atomic mass is 9.97. The topological polar surface area (TPSA) is 117 Å². The zero-order chi connectivity index (χ0) is 21.5. The van der Waals surface area contributed by atoms with Crippen molar-refractivity contribution in [3.8, 4) is 0 Å². The molecule has 0 aromatic rings. The van der Waals surface area contributed by atoms with Gasteiger partial charge < -0.3 is 24.3 Å². The average molecular weight is 411 g/mol. The lowest BCUT2D eigenvalue weighted by Crippen LogP contribution is -2.55. The highest BCUT2D eigenvalue weighted by Crippen LogP contribution is 2.26. The predicted octanol–water partition coefficient (Wildman–Crippen LogP) is 0.764. The summed E-state index contributed by atoms with van der Waals surface area (Å²) >= 11 is 0. The number of amides is 1. The minimum absolute atomic E-state index is 0.142. The van der Waals surface area contributed by atoms with Gasteiger partial charge in [0, 0.05) is 20.3 Å². The molecule has 0 aromatic heterocycles. The molecule has 0 bridgehead atoms. The second-order valence-corrected chi connectivity index (χ2v) is 5.73. The van der Waals surface area contributed by atoms with Crippen LogP contribution in [0.4, 0.5) is 13.2 Å². The molecule has 3 atom stereocenters. The smallest absolute Gasteiger partial charge is 0.471 e. The average Bonchev–Trinajstić information content (AvgIpc) is 2.59. The number of hydrogen-bond donors (Lipinski definition) is 1. The van der Waals surface area contributed by atoms with E-state index in [-0.39, 0.29) is 25.2 Å².